The summed E-state index contributed by atoms with van der Waals surface area (Å²) in [5, 5.41) is 11.2. The van der Waals surface area contributed by atoms with Crippen LogP contribution < -0.4 is 5.06 Å². The molecule has 0 fully saturated rings. The van der Waals surface area contributed by atoms with Gasteiger partial charge in [-0.3, -0.25) is 10.3 Å². The van der Waals surface area contributed by atoms with Gasteiger partial charge in [-0.15, -0.1) is 0 Å². The van der Waals surface area contributed by atoms with Crippen molar-refractivity contribution in [3.8, 4) is 0 Å². The van der Waals surface area contributed by atoms with E-state index in [9.17, 15) is 5.21 Å². The van der Waals surface area contributed by atoms with E-state index in [0.29, 0.717) is 17.3 Å². The lowest BCUT2D eigenvalue weighted by Gasteiger charge is -2.16. The maximum Gasteiger partial charge on any atom is 0.0820 e. The van der Waals surface area contributed by atoms with E-state index in [1.807, 2.05) is 19.1 Å². The van der Waals surface area contributed by atoms with Gasteiger partial charge in [0.25, 0.3) is 0 Å². The van der Waals surface area contributed by atoms with Crippen LogP contribution >= 0.6 is 11.6 Å². The third-order valence-electron chi connectivity index (χ3n) is 1.57. The summed E-state index contributed by atoms with van der Waals surface area (Å²) >= 11 is 5.85. The molecule has 0 amide bonds. The van der Waals surface area contributed by atoms with Gasteiger partial charge in [0, 0.05) is 6.54 Å². The van der Waals surface area contributed by atoms with Crippen LogP contribution in [0.15, 0.2) is 24.3 Å². The molecule has 1 rings (SSSR count). The Bertz CT molecular complexity index is 252. The lowest BCUT2D eigenvalue weighted by atomic mass is 10.3. The van der Waals surface area contributed by atoms with Gasteiger partial charge in [0.15, 0.2) is 0 Å². The topological polar surface area (TPSA) is 23.5 Å². The van der Waals surface area contributed by atoms with E-state index >= 15 is 0 Å². The summed E-state index contributed by atoms with van der Waals surface area (Å²) in [6, 6.07) is 7.24. The highest BCUT2D eigenvalue weighted by Gasteiger charge is 2.04. The summed E-state index contributed by atoms with van der Waals surface area (Å²) in [5.74, 6) is 0. The van der Waals surface area contributed by atoms with Gasteiger partial charge in [0.2, 0.25) is 0 Å². The minimum atomic E-state index is 0.577. The second-order valence-electron chi connectivity index (χ2n) is 2.57. The maximum atomic E-state index is 9.45. The van der Waals surface area contributed by atoms with Gasteiger partial charge in [0.05, 0.1) is 10.7 Å². The second-order valence-corrected chi connectivity index (χ2v) is 2.98. The standard InChI is InChI=1S/C9H12ClNO/c1-2-7-11(12)9-6-4-3-5-8(9)10/h3-6,12H,2,7H2,1H3. The van der Waals surface area contributed by atoms with Crippen molar-refractivity contribution in [3.05, 3.63) is 29.3 Å². The fourth-order valence-electron chi connectivity index (χ4n) is 0.993. The van der Waals surface area contributed by atoms with Crippen LogP contribution in [-0.2, 0) is 0 Å². The molecule has 1 N–H and O–H groups in total. The van der Waals surface area contributed by atoms with E-state index in [0.717, 1.165) is 6.42 Å². The molecule has 0 aliphatic carbocycles. The summed E-state index contributed by atoms with van der Waals surface area (Å²) in [6.45, 7) is 2.60. The summed E-state index contributed by atoms with van der Waals surface area (Å²) in [4.78, 5) is 0. The molecule has 1 aromatic carbocycles. The van der Waals surface area contributed by atoms with Gasteiger partial charge in [0.1, 0.15) is 0 Å². The zero-order chi connectivity index (χ0) is 8.97. The molecule has 0 unspecified atom stereocenters. The van der Waals surface area contributed by atoms with Crippen molar-refractivity contribution in [1.82, 2.24) is 0 Å². The molecular weight excluding hydrogens is 174 g/mol. The van der Waals surface area contributed by atoms with Crippen LogP contribution in [0, 0.1) is 0 Å². The van der Waals surface area contributed by atoms with Crippen molar-refractivity contribution in [2.45, 2.75) is 13.3 Å². The molecule has 0 spiro atoms. The Labute approximate surface area is 77.3 Å². The molecule has 12 heavy (non-hydrogen) atoms. The van der Waals surface area contributed by atoms with Gasteiger partial charge >= 0.3 is 0 Å². The Balaban J connectivity index is 2.79. The van der Waals surface area contributed by atoms with Gasteiger partial charge in [-0.1, -0.05) is 30.7 Å². The van der Waals surface area contributed by atoms with Gasteiger partial charge in [-0.25, -0.2) is 0 Å². The van der Waals surface area contributed by atoms with Crippen molar-refractivity contribution in [1.29, 1.82) is 0 Å². The van der Waals surface area contributed by atoms with Crippen LogP contribution in [0.25, 0.3) is 0 Å². The zero-order valence-electron chi connectivity index (χ0n) is 7.00. The first kappa shape index (κ1) is 9.36. The number of benzene rings is 1. The third-order valence-corrected chi connectivity index (χ3v) is 1.89. The summed E-state index contributed by atoms with van der Waals surface area (Å²) in [7, 11) is 0. The van der Waals surface area contributed by atoms with Gasteiger partial charge < -0.3 is 0 Å². The van der Waals surface area contributed by atoms with Crippen molar-refractivity contribution in [2.24, 2.45) is 0 Å². The predicted molar refractivity (Wildman–Crippen MR) is 50.9 cm³/mol. The quantitative estimate of drug-likeness (QED) is 0.732. The monoisotopic (exact) mass is 185 g/mol. The van der Waals surface area contributed by atoms with Gasteiger partial charge in [-0.05, 0) is 18.6 Å². The molecule has 3 heteroatoms. The Hall–Kier alpha value is -0.730. The van der Waals surface area contributed by atoms with E-state index in [1.165, 1.54) is 5.06 Å². The van der Waals surface area contributed by atoms with Crippen LogP contribution in [0.2, 0.25) is 5.02 Å². The first-order valence-corrected chi connectivity index (χ1v) is 4.34. The van der Waals surface area contributed by atoms with E-state index in [1.54, 1.807) is 12.1 Å². The molecule has 1 aromatic rings. The zero-order valence-corrected chi connectivity index (χ0v) is 7.75. The first-order valence-electron chi connectivity index (χ1n) is 3.96. The van der Waals surface area contributed by atoms with Crippen LogP contribution in [0.4, 0.5) is 5.69 Å². The van der Waals surface area contributed by atoms with E-state index in [4.69, 9.17) is 11.6 Å². The molecule has 0 saturated heterocycles. The highest BCUT2D eigenvalue weighted by Crippen LogP contribution is 2.23. The Morgan fingerprint density at radius 2 is 2.08 bits per heavy atom. The number of anilines is 1. The van der Waals surface area contributed by atoms with E-state index in [2.05, 4.69) is 0 Å². The van der Waals surface area contributed by atoms with Crippen molar-refractivity contribution in [3.63, 3.8) is 0 Å². The number of hydrogen-bond donors (Lipinski definition) is 1. The normalized spacial score (nSPS) is 9.92. The molecule has 2 nitrogen and oxygen atoms in total. The van der Waals surface area contributed by atoms with E-state index < -0.39 is 0 Å². The fourth-order valence-corrected chi connectivity index (χ4v) is 1.23. The van der Waals surface area contributed by atoms with Crippen LogP contribution in [0.5, 0.6) is 0 Å². The number of para-hydroxylation sites is 1. The first-order chi connectivity index (χ1) is 5.75. The van der Waals surface area contributed by atoms with Crippen molar-refractivity contribution >= 4 is 17.3 Å². The Kier molecular flexibility index (Phi) is 3.38. The SMILES string of the molecule is CCCN(O)c1ccccc1Cl. The van der Waals surface area contributed by atoms with Crippen LogP contribution in [0.1, 0.15) is 13.3 Å². The molecule has 0 bridgehead atoms. The molecule has 66 valence electrons. The molecular formula is C9H12ClNO. The number of hydroxylamine groups is 1. The summed E-state index contributed by atoms with van der Waals surface area (Å²) in [5.41, 5.74) is 0.668. The summed E-state index contributed by atoms with van der Waals surface area (Å²) < 4.78 is 0. The largest absolute Gasteiger partial charge is 0.288 e. The average Bonchev–Trinajstić information content (AvgIpc) is 2.05. The Morgan fingerprint density at radius 1 is 1.42 bits per heavy atom. The number of hydrogen-bond acceptors (Lipinski definition) is 2. The lowest BCUT2D eigenvalue weighted by molar-refractivity contribution is 0.254. The van der Waals surface area contributed by atoms with Crippen LogP contribution in [-0.4, -0.2) is 11.8 Å². The summed E-state index contributed by atoms with van der Waals surface area (Å²) in [6.07, 6.45) is 0.891. The van der Waals surface area contributed by atoms with E-state index in [-0.39, 0.29) is 0 Å². The van der Waals surface area contributed by atoms with Crippen molar-refractivity contribution < 1.29 is 5.21 Å². The highest BCUT2D eigenvalue weighted by molar-refractivity contribution is 6.33. The average molecular weight is 186 g/mol. The molecule has 0 heterocycles. The number of nitrogens with zero attached hydrogens (tertiary/aromatic N) is 1. The molecule has 0 saturated carbocycles. The second kappa shape index (κ2) is 4.33. The highest BCUT2D eigenvalue weighted by atomic mass is 35.5. The molecule has 0 radical (unpaired) electrons. The molecule has 0 aliphatic heterocycles. The maximum absolute atomic E-state index is 9.45. The third kappa shape index (κ3) is 2.13. The lowest BCUT2D eigenvalue weighted by Crippen LogP contribution is -2.18. The minimum Gasteiger partial charge on any atom is -0.288 e. The van der Waals surface area contributed by atoms with Crippen molar-refractivity contribution in [2.75, 3.05) is 11.6 Å². The van der Waals surface area contributed by atoms with Gasteiger partial charge in [-0.2, -0.15) is 0 Å². The molecule has 0 aliphatic rings. The van der Waals surface area contributed by atoms with Crippen LogP contribution in [0.3, 0.4) is 0 Å². The number of rotatable bonds is 3. The predicted octanol–water partition coefficient (Wildman–Crippen LogP) is 2.95. The molecule has 0 atom stereocenters. The minimum absolute atomic E-state index is 0.577. The number of halogens is 1. The fraction of sp³-hybridized carbons (Fsp3) is 0.333. The Morgan fingerprint density at radius 3 is 2.67 bits per heavy atom. The molecule has 0 aromatic heterocycles. The smallest absolute Gasteiger partial charge is 0.0820 e.